The first-order chi connectivity index (χ1) is 5.94. The molecule has 0 N–H and O–H groups in total. The van der Waals surface area contributed by atoms with Crippen molar-refractivity contribution in [3.8, 4) is 0 Å². The Morgan fingerprint density at radius 2 is 1.62 bits per heavy atom. The minimum absolute atomic E-state index is 0.354. The molecule has 0 aromatic heterocycles. The molecule has 0 radical (unpaired) electrons. The highest BCUT2D eigenvalue weighted by molar-refractivity contribution is 14.1. The smallest absolute Gasteiger partial charge is 0.180 e. The molecule has 0 fully saturated rings. The molecular weight excluding hydrogens is 299 g/mol. The summed E-state index contributed by atoms with van der Waals surface area (Å²) >= 11 is 2.15. The Labute approximate surface area is 92.4 Å². The van der Waals surface area contributed by atoms with Crippen LogP contribution in [0.15, 0.2) is 29.2 Å². The molecular formula is C9H11IO2S. The lowest BCUT2D eigenvalue weighted by atomic mass is 10.4. The minimum Gasteiger partial charge on any atom is -0.223 e. The van der Waals surface area contributed by atoms with E-state index in [0.29, 0.717) is 4.90 Å². The second-order valence-corrected chi connectivity index (χ2v) is 6.80. The largest absolute Gasteiger partial charge is 0.223 e. The summed E-state index contributed by atoms with van der Waals surface area (Å²) in [4.78, 5) is 0.405. The summed E-state index contributed by atoms with van der Waals surface area (Å²) in [7, 11) is -3.10. The van der Waals surface area contributed by atoms with Gasteiger partial charge in [0.05, 0.1) is 10.1 Å². The van der Waals surface area contributed by atoms with Crippen molar-refractivity contribution in [2.75, 3.05) is 0 Å². The molecule has 1 aromatic carbocycles. The number of rotatable bonds is 2. The lowest BCUT2D eigenvalue weighted by molar-refractivity contribution is 0.587. The zero-order valence-corrected chi connectivity index (χ0v) is 10.5. The van der Waals surface area contributed by atoms with Gasteiger partial charge in [-0.05, 0) is 60.7 Å². The van der Waals surface area contributed by atoms with Crippen molar-refractivity contribution in [1.29, 1.82) is 0 Å². The monoisotopic (exact) mass is 310 g/mol. The first-order valence-electron chi connectivity index (χ1n) is 3.94. The predicted molar refractivity (Wildman–Crippen MR) is 61.5 cm³/mol. The van der Waals surface area contributed by atoms with Gasteiger partial charge in [0.2, 0.25) is 0 Å². The molecule has 0 bridgehead atoms. The Hall–Kier alpha value is -0.100. The number of halogens is 1. The molecule has 0 aliphatic rings. The highest BCUT2D eigenvalue weighted by Gasteiger charge is 2.18. The van der Waals surface area contributed by atoms with Crippen LogP contribution < -0.4 is 0 Å². The third-order valence-corrected chi connectivity index (χ3v) is 4.65. The second kappa shape index (κ2) is 3.96. The minimum atomic E-state index is -3.10. The molecule has 13 heavy (non-hydrogen) atoms. The maximum absolute atomic E-state index is 11.6. The summed E-state index contributed by atoms with van der Waals surface area (Å²) in [6.07, 6.45) is 0. The Morgan fingerprint density at radius 1 is 1.15 bits per heavy atom. The van der Waals surface area contributed by atoms with Gasteiger partial charge in [-0.1, -0.05) is 0 Å². The Balaban J connectivity index is 3.17. The zero-order valence-electron chi connectivity index (χ0n) is 7.49. The van der Waals surface area contributed by atoms with Crippen LogP contribution in [0.25, 0.3) is 0 Å². The van der Waals surface area contributed by atoms with E-state index in [9.17, 15) is 8.42 Å². The third kappa shape index (κ3) is 2.43. The molecule has 0 amide bonds. The highest BCUT2D eigenvalue weighted by atomic mass is 127. The fourth-order valence-electron chi connectivity index (χ4n) is 0.896. The first-order valence-corrected chi connectivity index (χ1v) is 6.56. The molecule has 0 heterocycles. The van der Waals surface area contributed by atoms with Crippen LogP contribution in [0.1, 0.15) is 13.8 Å². The SMILES string of the molecule is CC(C)S(=O)(=O)c1ccc(I)cc1. The van der Waals surface area contributed by atoms with Gasteiger partial charge in [0.1, 0.15) is 0 Å². The van der Waals surface area contributed by atoms with Gasteiger partial charge in [0.15, 0.2) is 9.84 Å². The van der Waals surface area contributed by atoms with E-state index < -0.39 is 9.84 Å². The van der Waals surface area contributed by atoms with Gasteiger partial charge in [-0.25, -0.2) is 8.42 Å². The normalized spacial score (nSPS) is 12.0. The van der Waals surface area contributed by atoms with E-state index in [2.05, 4.69) is 22.6 Å². The molecule has 0 aliphatic carbocycles. The van der Waals surface area contributed by atoms with E-state index in [1.807, 2.05) is 0 Å². The molecule has 0 saturated heterocycles. The predicted octanol–water partition coefficient (Wildman–Crippen LogP) is 2.47. The second-order valence-electron chi connectivity index (χ2n) is 3.05. The molecule has 2 nitrogen and oxygen atoms in total. The Kier molecular flexibility index (Phi) is 3.34. The van der Waals surface area contributed by atoms with Gasteiger partial charge >= 0.3 is 0 Å². The van der Waals surface area contributed by atoms with E-state index in [4.69, 9.17) is 0 Å². The van der Waals surface area contributed by atoms with Crippen LogP contribution in [0.3, 0.4) is 0 Å². The molecule has 1 aromatic rings. The lowest BCUT2D eigenvalue weighted by Gasteiger charge is -2.06. The van der Waals surface area contributed by atoms with Crippen molar-refractivity contribution >= 4 is 32.4 Å². The van der Waals surface area contributed by atoms with Gasteiger partial charge < -0.3 is 0 Å². The first kappa shape index (κ1) is 11.0. The van der Waals surface area contributed by atoms with Gasteiger partial charge in [-0.3, -0.25) is 0 Å². The van der Waals surface area contributed by atoms with Gasteiger partial charge in [-0.15, -0.1) is 0 Å². The molecule has 4 heteroatoms. The van der Waals surface area contributed by atoms with Crippen molar-refractivity contribution in [2.24, 2.45) is 0 Å². The van der Waals surface area contributed by atoms with Crippen molar-refractivity contribution in [3.05, 3.63) is 27.8 Å². The van der Waals surface area contributed by atoms with E-state index >= 15 is 0 Å². The van der Waals surface area contributed by atoms with Crippen LogP contribution in [0.2, 0.25) is 0 Å². The average Bonchev–Trinajstić information content (AvgIpc) is 2.04. The van der Waals surface area contributed by atoms with Crippen molar-refractivity contribution < 1.29 is 8.42 Å². The number of sulfone groups is 1. The Morgan fingerprint density at radius 3 is 2.00 bits per heavy atom. The molecule has 0 spiro atoms. The van der Waals surface area contributed by atoms with Crippen LogP contribution in [-0.4, -0.2) is 13.7 Å². The number of hydrogen-bond donors (Lipinski definition) is 0. The molecule has 0 atom stereocenters. The van der Waals surface area contributed by atoms with Crippen molar-refractivity contribution in [1.82, 2.24) is 0 Å². The maximum Gasteiger partial charge on any atom is 0.180 e. The average molecular weight is 310 g/mol. The van der Waals surface area contributed by atoms with Crippen LogP contribution in [0.5, 0.6) is 0 Å². The maximum atomic E-state index is 11.6. The van der Waals surface area contributed by atoms with Crippen LogP contribution in [0.4, 0.5) is 0 Å². The van der Waals surface area contributed by atoms with E-state index in [1.54, 1.807) is 38.1 Å². The van der Waals surface area contributed by atoms with E-state index in [0.717, 1.165) is 3.57 Å². The highest BCUT2D eigenvalue weighted by Crippen LogP contribution is 2.16. The summed E-state index contributed by atoms with van der Waals surface area (Å²) in [5, 5.41) is -0.354. The molecule has 0 unspecified atom stereocenters. The lowest BCUT2D eigenvalue weighted by Crippen LogP contribution is -2.13. The third-order valence-electron chi connectivity index (χ3n) is 1.76. The van der Waals surface area contributed by atoms with Crippen LogP contribution in [0, 0.1) is 3.57 Å². The molecule has 0 saturated carbocycles. The number of hydrogen-bond acceptors (Lipinski definition) is 2. The quantitative estimate of drug-likeness (QED) is 0.787. The van der Waals surface area contributed by atoms with Crippen molar-refractivity contribution in [3.63, 3.8) is 0 Å². The van der Waals surface area contributed by atoms with Gasteiger partial charge in [-0.2, -0.15) is 0 Å². The summed E-state index contributed by atoms with van der Waals surface area (Å²) in [5.41, 5.74) is 0. The summed E-state index contributed by atoms with van der Waals surface area (Å²) in [5.74, 6) is 0. The molecule has 1 rings (SSSR count). The van der Waals surface area contributed by atoms with E-state index in [-0.39, 0.29) is 5.25 Å². The Bertz CT molecular complexity index is 379. The topological polar surface area (TPSA) is 34.1 Å². The van der Waals surface area contributed by atoms with Crippen LogP contribution >= 0.6 is 22.6 Å². The number of benzene rings is 1. The van der Waals surface area contributed by atoms with E-state index in [1.165, 1.54) is 0 Å². The zero-order chi connectivity index (χ0) is 10.1. The van der Waals surface area contributed by atoms with Crippen LogP contribution in [-0.2, 0) is 9.84 Å². The summed E-state index contributed by atoms with van der Waals surface area (Å²) < 4.78 is 24.3. The van der Waals surface area contributed by atoms with Gasteiger partial charge in [0.25, 0.3) is 0 Å². The van der Waals surface area contributed by atoms with Gasteiger partial charge in [0, 0.05) is 3.57 Å². The standard InChI is InChI=1S/C9H11IO2S/c1-7(2)13(11,12)9-5-3-8(10)4-6-9/h3-7H,1-2H3. The molecule has 72 valence electrons. The summed E-state index contributed by atoms with van der Waals surface area (Å²) in [6.45, 7) is 3.38. The fourth-order valence-corrected chi connectivity index (χ4v) is 2.32. The summed E-state index contributed by atoms with van der Waals surface area (Å²) in [6, 6.07) is 6.90. The molecule has 0 aliphatic heterocycles. The van der Waals surface area contributed by atoms with Crippen molar-refractivity contribution in [2.45, 2.75) is 24.0 Å². The fraction of sp³-hybridized carbons (Fsp3) is 0.333.